The highest BCUT2D eigenvalue weighted by molar-refractivity contribution is 6.10. The quantitative estimate of drug-likeness (QED) is 0.460. The first-order valence-corrected chi connectivity index (χ1v) is 8.89. The van der Waals surface area contributed by atoms with Crippen molar-refractivity contribution in [3.63, 3.8) is 0 Å². The molecule has 0 saturated carbocycles. The van der Waals surface area contributed by atoms with Crippen LogP contribution in [0.2, 0.25) is 0 Å². The maximum Gasteiger partial charge on any atom is 0.149 e. The molecule has 5 aromatic rings. The highest BCUT2D eigenvalue weighted by Crippen LogP contribution is 2.31. The predicted molar refractivity (Wildman–Crippen MR) is 110 cm³/mol. The maximum atomic E-state index is 14.7. The molecule has 0 saturated heterocycles. The second-order valence-corrected chi connectivity index (χ2v) is 6.47. The number of nitrogens with zero attached hydrogens (tertiary/aromatic N) is 3. The zero-order valence-corrected chi connectivity index (χ0v) is 14.8. The Bertz CT molecular complexity index is 1310. The molecule has 28 heavy (non-hydrogen) atoms. The normalized spacial score (nSPS) is 11.6. The number of H-pyrrole nitrogens is 1. The van der Waals surface area contributed by atoms with E-state index in [0.29, 0.717) is 11.2 Å². The molecule has 1 N–H and O–H groups in total. The van der Waals surface area contributed by atoms with Crippen LogP contribution < -0.4 is 0 Å². The van der Waals surface area contributed by atoms with Crippen molar-refractivity contribution in [3.8, 4) is 11.3 Å². The Labute approximate surface area is 160 Å². The number of rotatable bonds is 3. The van der Waals surface area contributed by atoms with Crippen molar-refractivity contribution in [1.29, 1.82) is 0 Å². The van der Waals surface area contributed by atoms with Crippen molar-refractivity contribution in [2.24, 2.45) is 0 Å². The summed E-state index contributed by atoms with van der Waals surface area (Å²) >= 11 is 0. The second-order valence-electron chi connectivity index (χ2n) is 6.47. The lowest BCUT2D eigenvalue weighted by Gasteiger charge is -2.02. The van der Waals surface area contributed by atoms with Crippen LogP contribution in [0.5, 0.6) is 0 Å². The third kappa shape index (κ3) is 2.83. The first-order valence-electron chi connectivity index (χ1n) is 8.89. The van der Waals surface area contributed by atoms with Gasteiger partial charge in [0.1, 0.15) is 11.5 Å². The summed E-state index contributed by atoms with van der Waals surface area (Å²) < 4.78 is 14.7. The summed E-state index contributed by atoms with van der Waals surface area (Å²) in [5, 5.41) is 1.62. The molecule has 0 fully saturated rings. The van der Waals surface area contributed by atoms with E-state index in [9.17, 15) is 4.39 Å². The fraction of sp³-hybridized carbons (Fsp3) is 0. The lowest BCUT2D eigenvalue weighted by atomic mass is 10.1. The maximum absolute atomic E-state index is 14.7. The number of fused-ring (bicyclic) bond motifs is 3. The Morgan fingerprint density at radius 3 is 2.61 bits per heavy atom. The Balaban J connectivity index is 1.73. The molecule has 134 valence electrons. The van der Waals surface area contributed by atoms with Gasteiger partial charge >= 0.3 is 0 Å². The standard InChI is InChI=1S/C23H15FN4/c24-19-13-27-23-22(17(19)9-8-15-5-2-1-3-6-15)18-11-20(26-14-21(18)28-23)16-7-4-10-25-12-16/h1-14H,(H,27,28)/b9-8+. The number of nitrogens with one attached hydrogen (secondary N) is 1. The summed E-state index contributed by atoms with van der Waals surface area (Å²) in [6, 6.07) is 15.6. The van der Waals surface area contributed by atoms with E-state index >= 15 is 0 Å². The van der Waals surface area contributed by atoms with E-state index in [1.807, 2.05) is 54.6 Å². The molecular formula is C23H15FN4. The van der Waals surface area contributed by atoms with E-state index in [4.69, 9.17) is 0 Å². The van der Waals surface area contributed by atoms with Crippen molar-refractivity contribution >= 4 is 34.1 Å². The lowest BCUT2D eigenvalue weighted by molar-refractivity contribution is 0.621. The highest BCUT2D eigenvalue weighted by Gasteiger charge is 2.14. The summed E-state index contributed by atoms with van der Waals surface area (Å²) in [6.07, 6.45) is 10.2. The number of hydrogen-bond donors (Lipinski definition) is 1. The molecule has 0 unspecified atom stereocenters. The molecule has 0 aliphatic heterocycles. The number of aromatic nitrogens is 4. The number of hydrogen-bond acceptors (Lipinski definition) is 3. The first-order chi connectivity index (χ1) is 13.8. The predicted octanol–water partition coefficient (Wildman–Crippen LogP) is 5.48. The van der Waals surface area contributed by atoms with Gasteiger partial charge in [-0.3, -0.25) is 9.97 Å². The topological polar surface area (TPSA) is 54.5 Å². The average molecular weight is 366 g/mol. The molecule has 4 nitrogen and oxygen atoms in total. The zero-order chi connectivity index (χ0) is 18.9. The average Bonchev–Trinajstić information content (AvgIpc) is 3.12. The van der Waals surface area contributed by atoms with Crippen LogP contribution in [0.25, 0.3) is 45.3 Å². The van der Waals surface area contributed by atoms with Crippen LogP contribution >= 0.6 is 0 Å². The molecule has 0 radical (unpaired) electrons. The van der Waals surface area contributed by atoms with Crippen LogP contribution in [0, 0.1) is 5.82 Å². The summed E-state index contributed by atoms with van der Waals surface area (Å²) in [4.78, 5) is 16.1. The van der Waals surface area contributed by atoms with Gasteiger partial charge in [-0.1, -0.05) is 42.5 Å². The van der Waals surface area contributed by atoms with Crippen molar-refractivity contribution in [2.75, 3.05) is 0 Å². The molecular weight excluding hydrogens is 351 g/mol. The Morgan fingerprint density at radius 2 is 1.79 bits per heavy atom. The van der Waals surface area contributed by atoms with Gasteiger partial charge in [-0.15, -0.1) is 0 Å². The van der Waals surface area contributed by atoms with Crippen LogP contribution in [0.4, 0.5) is 4.39 Å². The number of benzene rings is 1. The van der Waals surface area contributed by atoms with Gasteiger partial charge in [0.15, 0.2) is 0 Å². The van der Waals surface area contributed by atoms with E-state index in [-0.39, 0.29) is 5.82 Å². The third-order valence-electron chi connectivity index (χ3n) is 4.70. The minimum absolute atomic E-state index is 0.361. The number of halogens is 1. The van der Waals surface area contributed by atoms with Gasteiger partial charge in [-0.2, -0.15) is 0 Å². The number of pyridine rings is 3. The summed E-state index contributed by atoms with van der Waals surface area (Å²) in [5.41, 5.74) is 4.64. The lowest BCUT2D eigenvalue weighted by Crippen LogP contribution is -1.88. The van der Waals surface area contributed by atoms with Crippen LogP contribution in [0.15, 0.2) is 73.3 Å². The van der Waals surface area contributed by atoms with Gasteiger partial charge in [0.2, 0.25) is 0 Å². The molecule has 5 rings (SSSR count). The molecule has 0 spiro atoms. The highest BCUT2D eigenvalue weighted by atomic mass is 19.1. The van der Waals surface area contributed by atoms with Gasteiger partial charge in [-0.05, 0) is 23.8 Å². The fourth-order valence-corrected chi connectivity index (χ4v) is 3.34. The summed E-state index contributed by atoms with van der Waals surface area (Å²) in [5.74, 6) is -0.361. The van der Waals surface area contributed by atoms with E-state index < -0.39 is 0 Å². The first kappa shape index (κ1) is 16.3. The fourth-order valence-electron chi connectivity index (χ4n) is 3.34. The van der Waals surface area contributed by atoms with Crippen molar-refractivity contribution in [1.82, 2.24) is 19.9 Å². The van der Waals surface area contributed by atoms with Crippen LogP contribution in [0.3, 0.4) is 0 Å². The number of aromatic amines is 1. The van der Waals surface area contributed by atoms with Gasteiger partial charge in [0, 0.05) is 34.3 Å². The molecule has 0 aliphatic carbocycles. The van der Waals surface area contributed by atoms with Crippen molar-refractivity contribution in [2.45, 2.75) is 0 Å². The molecule has 0 bridgehead atoms. The summed E-state index contributed by atoms with van der Waals surface area (Å²) in [7, 11) is 0. The molecule has 0 atom stereocenters. The van der Waals surface area contributed by atoms with Crippen molar-refractivity contribution in [3.05, 3.63) is 90.3 Å². The van der Waals surface area contributed by atoms with E-state index in [1.54, 1.807) is 24.7 Å². The van der Waals surface area contributed by atoms with Gasteiger partial charge < -0.3 is 4.98 Å². The van der Waals surface area contributed by atoms with E-state index in [2.05, 4.69) is 19.9 Å². The van der Waals surface area contributed by atoms with E-state index in [1.165, 1.54) is 6.20 Å². The molecule has 1 aromatic carbocycles. The molecule has 5 heteroatoms. The zero-order valence-electron chi connectivity index (χ0n) is 14.8. The minimum Gasteiger partial charge on any atom is -0.338 e. The monoisotopic (exact) mass is 366 g/mol. The Morgan fingerprint density at radius 1 is 0.893 bits per heavy atom. The summed E-state index contributed by atoms with van der Waals surface area (Å²) in [6.45, 7) is 0. The van der Waals surface area contributed by atoms with Gasteiger partial charge in [0.25, 0.3) is 0 Å². The molecule has 0 amide bonds. The third-order valence-corrected chi connectivity index (χ3v) is 4.70. The molecule has 0 aliphatic rings. The molecule has 4 heterocycles. The minimum atomic E-state index is -0.361. The largest absolute Gasteiger partial charge is 0.338 e. The Hall–Kier alpha value is -3.86. The van der Waals surface area contributed by atoms with Gasteiger partial charge in [0.05, 0.1) is 23.6 Å². The Kier molecular flexibility index (Phi) is 3.91. The van der Waals surface area contributed by atoms with Crippen molar-refractivity contribution < 1.29 is 4.39 Å². The SMILES string of the molecule is Fc1cnc2[nH]c3cnc(-c4cccnc4)cc3c2c1/C=C/c1ccccc1. The smallest absolute Gasteiger partial charge is 0.149 e. The second kappa shape index (κ2) is 6.70. The molecule has 4 aromatic heterocycles. The van der Waals surface area contributed by atoms with Gasteiger partial charge in [-0.25, -0.2) is 9.37 Å². The van der Waals surface area contributed by atoms with E-state index in [0.717, 1.165) is 33.1 Å². The van der Waals surface area contributed by atoms with Crippen LogP contribution in [0.1, 0.15) is 11.1 Å². The van der Waals surface area contributed by atoms with Crippen LogP contribution in [-0.2, 0) is 0 Å². The van der Waals surface area contributed by atoms with Crippen LogP contribution in [-0.4, -0.2) is 19.9 Å².